The van der Waals surface area contributed by atoms with Gasteiger partial charge in [0.1, 0.15) is 5.75 Å². The van der Waals surface area contributed by atoms with Crippen molar-refractivity contribution in [2.75, 3.05) is 19.0 Å². The van der Waals surface area contributed by atoms with Crippen LogP contribution < -0.4 is 10.1 Å². The zero-order valence-corrected chi connectivity index (χ0v) is 13.6. The largest absolute Gasteiger partial charge is 0.497 e. The van der Waals surface area contributed by atoms with Crippen LogP contribution in [0.4, 0.5) is 5.69 Å². The van der Waals surface area contributed by atoms with Crippen LogP contribution in [0.15, 0.2) is 24.3 Å². The molecule has 1 aromatic rings. The van der Waals surface area contributed by atoms with E-state index >= 15 is 0 Å². The molecule has 1 saturated heterocycles. The summed E-state index contributed by atoms with van der Waals surface area (Å²) in [6, 6.07) is 7.58. The van der Waals surface area contributed by atoms with Gasteiger partial charge in [-0.15, -0.1) is 0 Å². The van der Waals surface area contributed by atoms with Gasteiger partial charge in [0, 0.05) is 24.7 Å². The second-order valence-electron chi connectivity index (χ2n) is 6.46. The number of anilines is 1. The monoisotopic (exact) mass is 316 g/mol. The van der Waals surface area contributed by atoms with E-state index < -0.39 is 0 Å². The van der Waals surface area contributed by atoms with Crippen molar-refractivity contribution in [1.29, 1.82) is 0 Å². The number of carbonyl (C=O) groups excluding carboxylic acids is 2. The molecule has 2 amide bonds. The second-order valence-corrected chi connectivity index (χ2v) is 6.46. The van der Waals surface area contributed by atoms with Crippen LogP contribution in [0.25, 0.3) is 0 Å². The van der Waals surface area contributed by atoms with Gasteiger partial charge in [0.2, 0.25) is 11.8 Å². The molecule has 5 nitrogen and oxygen atoms in total. The van der Waals surface area contributed by atoms with Crippen molar-refractivity contribution >= 4 is 17.5 Å². The lowest BCUT2D eigenvalue weighted by atomic mass is 9.94. The highest BCUT2D eigenvalue weighted by molar-refractivity contribution is 5.97. The van der Waals surface area contributed by atoms with E-state index in [0.717, 1.165) is 24.3 Å². The first-order valence-electron chi connectivity index (χ1n) is 8.42. The number of likely N-dealkylation sites (tertiary alicyclic amines) is 1. The molecule has 0 radical (unpaired) electrons. The Morgan fingerprint density at radius 1 is 1.17 bits per heavy atom. The Bertz CT molecular complexity index is 564. The predicted octanol–water partition coefficient (Wildman–Crippen LogP) is 2.81. The smallest absolute Gasteiger partial charge is 0.229 e. The van der Waals surface area contributed by atoms with Crippen LogP contribution in [-0.4, -0.2) is 36.4 Å². The zero-order valence-electron chi connectivity index (χ0n) is 13.6. The minimum Gasteiger partial charge on any atom is -0.497 e. The van der Waals surface area contributed by atoms with Gasteiger partial charge in [-0.3, -0.25) is 9.59 Å². The van der Waals surface area contributed by atoms with Gasteiger partial charge in [0.05, 0.1) is 13.0 Å². The first-order valence-corrected chi connectivity index (χ1v) is 8.42. The van der Waals surface area contributed by atoms with Gasteiger partial charge < -0.3 is 15.0 Å². The van der Waals surface area contributed by atoms with Crippen molar-refractivity contribution in [3.05, 3.63) is 24.3 Å². The molecule has 1 saturated carbocycles. The maximum Gasteiger partial charge on any atom is 0.229 e. The number of nitrogens with one attached hydrogen (secondary N) is 1. The van der Waals surface area contributed by atoms with Crippen molar-refractivity contribution in [3.8, 4) is 5.75 Å². The van der Waals surface area contributed by atoms with Gasteiger partial charge >= 0.3 is 0 Å². The second kappa shape index (κ2) is 7.02. The van der Waals surface area contributed by atoms with Crippen molar-refractivity contribution < 1.29 is 14.3 Å². The SMILES string of the molecule is COc1ccc(NC(=O)[C@H]2CC(=O)N(C3CCCCC3)C2)cc1. The van der Waals surface area contributed by atoms with Crippen LogP contribution in [-0.2, 0) is 9.59 Å². The molecule has 5 heteroatoms. The van der Waals surface area contributed by atoms with Crippen molar-refractivity contribution in [3.63, 3.8) is 0 Å². The molecule has 2 aliphatic rings. The van der Waals surface area contributed by atoms with Crippen LogP contribution in [0.1, 0.15) is 38.5 Å². The summed E-state index contributed by atoms with van der Waals surface area (Å²) in [5, 5.41) is 2.91. The summed E-state index contributed by atoms with van der Waals surface area (Å²) in [7, 11) is 1.61. The first kappa shape index (κ1) is 15.8. The standard InChI is InChI=1S/C18H24N2O3/c1-23-16-9-7-14(8-10-16)19-18(22)13-11-17(21)20(12-13)15-5-3-2-4-6-15/h7-10,13,15H,2-6,11-12H2,1H3,(H,19,22)/t13-/m0/s1. The summed E-state index contributed by atoms with van der Waals surface area (Å²) in [4.78, 5) is 26.6. The van der Waals surface area contributed by atoms with Crippen LogP contribution in [0.5, 0.6) is 5.75 Å². The number of carbonyl (C=O) groups is 2. The maximum absolute atomic E-state index is 12.4. The Hall–Kier alpha value is -2.04. The van der Waals surface area contributed by atoms with Crippen molar-refractivity contribution in [2.24, 2.45) is 5.92 Å². The molecule has 0 unspecified atom stereocenters. The van der Waals surface area contributed by atoms with Gasteiger partial charge in [-0.25, -0.2) is 0 Å². The summed E-state index contributed by atoms with van der Waals surface area (Å²) in [5.41, 5.74) is 0.736. The fourth-order valence-corrected chi connectivity index (χ4v) is 3.57. The molecule has 2 fully saturated rings. The summed E-state index contributed by atoms with van der Waals surface area (Å²) >= 11 is 0. The predicted molar refractivity (Wildman–Crippen MR) is 88.3 cm³/mol. The maximum atomic E-state index is 12.4. The lowest BCUT2D eigenvalue weighted by Crippen LogP contribution is -2.38. The molecule has 23 heavy (non-hydrogen) atoms. The number of ether oxygens (including phenoxy) is 1. The number of rotatable bonds is 4. The summed E-state index contributed by atoms with van der Waals surface area (Å²) in [6.45, 7) is 0.561. The molecule has 124 valence electrons. The van der Waals surface area contributed by atoms with E-state index in [2.05, 4.69) is 5.32 Å². The Labute approximate surface area is 137 Å². The number of hydrogen-bond donors (Lipinski definition) is 1. The van der Waals surface area contributed by atoms with Crippen molar-refractivity contribution in [2.45, 2.75) is 44.6 Å². The lowest BCUT2D eigenvalue weighted by molar-refractivity contribution is -0.130. The quantitative estimate of drug-likeness (QED) is 0.929. The number of hydrogen-bond acceptors (Lipinski definition) is 3. The molecule has 1 aliphatic carbocycles. The normalized spacial score (nSPS) is 22.2. The zero-order chi connectivity index (χ0) is 16.2. The highest BCUT2D eigenvalue weighted by atomic mass is 16.5. The molecule has 1 aliphatic heterocycles. The number of nitrogens with zero attached hydrogens (tertiary/aromatic N) is 1. The average Bonchev–Trinajstić information content (AvgIpc) is 2.98. The molecular formula is C18H24N2O3. The van der Waals surface area contributed by atoms with Gasteiger partial charge in [-0.05, 0) is 37.1 Å². The van der Waals surface area contributed by atoms with E-state index in [1.165, 1.54) is 19.3 Å². The topological polar surface area (TPSA) is 58.6 Å². The molecule has 1 N–H and O–H groups in total. The Balaban J connectivity index is 1.58. The van der Waals surface area contributed by atoms with Gasteiger partial charge in [-0.2, -0.15) is 0 Å². The lowest BCUT2D eigenvalue weighted by Gasteiger charge is -2.31. The third-order valence-corrected chi connectivity index (χ3v) is 4.90. The van der Waals surface area contributed by atoms with Gasteiger partial charge in [-0.1, -0.05) is 19.3 Å². The number of benzene rings is 1. The molecule has 1 heterocycles. The molecule has 1 atom stereocenters. The third kappa shape index (κ3) is 3.66. The van der Waals surface area contributed by atoms with E-state index in [4.69, 9.17) is 4.74 Å². The Morgan fingerprint density at radius 2 is 1.87 bits per heavy atom. The van der Waals surface area contributed by atoms with Crippen LogP contribution in [0.2, 0.25) is 0 Å². The highest BCUT2D eigenvalue weighted by Crippen LogP contribution is 2.29. The molecule has 0 aromatic heterocycles. The van der Waals surface area contributed by atoms with Crippen LogP contribution in [0.3, 0.4) is 0 Å². The minimum atomic E-state index is -0.244. The Morgan fingerprint density at radius 3 is 2.52 bits per heavy atom. The molecule has 1 aromatic carbocycles. The first-order chi connectivity index (χ1) is 11.2. The van der Waals surface area contributed by atoms with Gasteiger partial charge in [0.25, 0.3) is 0 Å². The molecule has 3 rings (SSSR count). The fourth-order valence-electron chi connectivity index (χ4n) is 3.57. The third-order valence-electron chi connectivity index (χ3n) is 4.90. The summed E-state index contributed by atoms with van der Waals surface area (Å²) in [6.07, 6.45) is 6.14. The van der Waals surface area contributed by atoms with Gasteiger partial charge in [0.15, 0.2) is 0 Å². The van der Waals surface area contributed by atoms with Crippen LogP contribution in [0, 0.1) is 5.92 Å². The number of amides is 2. The minimum absolute atomic E-state index is 0.0678. The number of methoxy groups -OCH3 is 1. The fraction of sp³-hybridized carbons (Fsp3) is 0.556. The van der Waals surface area contributed by atoms with E-state index in [1.54, 1.807) is 7.11 Å². The van der Waals surface area contributed by atoms with E-state index in [0.29, 0.717) is 19.0 Å². The molecule has 0 bridgehead atoms. The Kier molecular flexibility index (Phi) is 4.84. The summed E-state index contributed by atoms with van der Waals surface area (Å²) < 4.78 is 5.11. The highest BCUT2D eigenvalue weighted by Gasteiger charge is 2.38. The summed E-state index contributed by atoms with van der Waals surface area (Å²) in [5.74, 6) is 0.572. The van der Waals surface area contributed by atoms with E-state index in [-0.39, 0.29) is 17.7 Å². The van der Waals surface area contributed by atoms with E-state index in [9.17, 15) is 9.59 Å². The average molecular weight is 316 g/mol. The van der Waals surface area contributed by atoms with Crippen molar-refractivity contribution in [1.82, 2.24) is 4.90 Å². The molecule has 0 spiro atoms. The van der Waals surface area contributed by atoms with Crippen LogP contribution >= 0.6 is 0 Å². The molecular weight excluding hydrogens is 292 g/mol. The van der Waals surface area contributed by atoms with E-state index in [1.807, 2.05) is 29.2 Å².